The highest BCUT2D eigenvalue weighted by Gasteiger charge is 2.04. The molecule has 0 saturated heterocycles. The first kappa shape index (κ1) is 16.3. The topological polar surface area (TPSA) is 24.9 Å². The maximum atomic E-state index is 6.25. The minimum atomic E-state index is 0.615. The van der Waals surface area contributed by atoms with Crippen LogP contribution in [0.2, 0.25) is 5.15 Å². The van der Waals surface area contributed by atoms with Crippen LogP contribution in [0.4, 0.5) is 0 Å². The minimum Gasteiger partial charge on any atom is -0.313 e. The normalized spacial score (nSPS) is 11.1. The number of pyridine rings is 1. The quantitative estimate of drug-likeness (QED) is 0.500. The van der Waals surface area contributed by atoms with Crippen molar-refractivity contribution < 1.29 is 0 Å². The Morgan fingerprint density at radius 1 is 1.05 bits per heavy atom. The average molecular weight is 305 g/mol. The third-order valence-corrected chi connectivity index (χ3v) is 4.10. The number of benzene rings is 1. The van der Waals surface area contributed by atoms with Crippen molar-refractivity contribution in [1.29, 1.82) is 0 Å². The third-order valence-electron chi connectivity index (χ3n) is 3.77. The van der Waals surface area contributed by atoms with E-state index in [0.29, 0.717) is 5.15 Å². The Morgan fingerprint density at radius 3 is 2.67 bits per heavy atom. The highest BCUT2D eigenvalue weighted by atomic mass is 35.5. The molecule has 0 amide bonds. The van der Waals surface area contributed by atoms with E-state index < -0.39 is 0 Å². The molecule has 1 aromatic carbocycles. The first-order valence-electron chi connectivity index (χ1n) is 8.06. The lowest BCUT2D eigenvalue weighted by Gasteiger charge is -2.08. The van der Waals surface area contributed by atoms with Crippen molar-refractivity contribution in [3.8, 4) is 0 Å². The third kappa shape index (κ3) is 5.29. The van der Waals surface area contributed by atoms with Crippen molar-refractivity contribution in [2.75, 3.05) is 6.54 Å². The molecule has 3 heteroatoms. The number of nitrogens with zero attached hydrogens (tertiary/aromatic N) is 1. The fourth-order valence-corrected chi connectivity index (χ4v) is 2.73. The van der Waals surface area contributed by atoms with Gasteiger partial charge in [0.2, 0.25) is 0 Å². The van der Waals surface area contributed by atoms with Gasteiger partial charge in [0.05, 0.1) is 5.52 Å². The number of rotatable bonds is 9. The van der Waals surface area contributed by atoms with Crippen LogP contribution >= 0.6 is 11.6 Å². The summed E-state index contributed by atoms with van der Waals surface area (Å²) in [4.78, 5) is 4.45. The van der Waals surface area contributed by atoms with E-state index in [9.17, 15) is 0 Å². The van der Waals surface area contributed by atoms with Crippen molar-refractivity contribution in [3.05, 3.63) is 41.0 Å². The fourth-order valence-electron chi connectivity index (χ4n) is 2.51. The van der Waals surface area contributed by atoms with Crippen LogP contribution in [0.15, 0.2) is 30.3 Å². The van der Waals surface area contributed by atoms with E-state index in [-0.39, 0.29) is 0 Å². The van der Waals surface area contributed by atoms with E-state index in [2.05, 4.69) is 29.4 Å². The molecule has 0 unspecified atom stereocenters. The molecule has 0 aliphatic carbocycles. The predicted octanol–water partition coefficient (Wildman–Crippen LogP) is 5.34. The largest absolute Gasteiger partial charge is 0.313 e. The summed E-state index contributed by atoms with van der Waals surface area (Å²) >= 11 is 6.25. The SMILES string of the molecule is CCCCCCCCNCc1cc2ccccc2nc1Cl. The molecule has 2 nitrogen and oxygen atoms in total. The molecule has 0 aliphatic rings. The summed E-state index contributed by atoms with van der Waals surface area (Å²) in [6.45, 7) is 4.10. The van der Waals surface area contributed by atoms with Crippen LogP contribution in [-0.4, -0.2) is 11.5 Å². The Hall–Kier alpha value is -1.12. The van der Waals surface area contributed by atoms with Crippen LogP contribution in [0.5, 0.6) is 0 Å². The molecule has 0 fully saturated rings. The molecule has 0 aliphatic heterocycles. The number of fused-ring (bicyclic) bond motifs is 1. The average Bonchev–Trinajstić information content (AvgIpc) is 2.50. The summed E-state index contributed by atoms with van der Waals surface area (Å²) in [5.74, 6) is 0. The molecule has 0 radical (unpaired) electrons. The van der Waals surface area contributed by atoms with Crippen LogP contribution in [0, 0.1) is 0 Å². The molecule has 0 atom stereocenters. The van der Waals surface area contributed by atoms with Crippen LogP contribution in [0.1, 0.15) is 51.0 Å². The number of halogens is 1. The summed E-state index contributed by atoms with van der Waals surface area (Å²) < 4.78 is 0. The van der Waals surface area contributed by atoms with Gasteiger partial charge in [-0.1, -0.05) is 68.8 Å². The highest BCUT2D eigenvalue weighted by Crippen LogP contribution is 2.20. The number of hydrogen-bond donors (Lipinski definition) is 1. The van der Waals surface area contributed by atoms with Crippen LogP contribution in [0.3, 0.4) is 0 Å². The van der Waals surface area contributed by atoms with Gasteiger partial charge >= 0.3 is 0 Å². The maximum Gasteiger partial charge on any atom is 0.134 e. The molecule has 21 heavy (non-hydrogen) atoms. The van der Waals surface area contributed by atoms with Crippen LogP contribution in [-0.2, 0) is 6.54 Å². The molecule has 1 N–H and O–H groups in total. The van der Waals surface area contributed by atoms with Crippen LogP contribution < -0.4 is 5.32 Å². The highest BCUT2D eigenvalue weighted by molar-refractivity contribution is 6.30. The molecular formula is C18H25ClN2. The Balaban J connectivity index is 1.74. The van der Waals surface area contributed by atoms with Crippen molar-refractivity contribution in [1.82, 2.24) is 10.3 Å². The van der Waals surface area contributed by atoms with E-state index in [1.807, 2.05) is 18.2 Å². The first-order valence-corrected chi connectivity index (χ1v) is 8.44. The second kappa shape index (κ2) is 9.01. The Morgan fingerprint density at radius 2 is 1.81 bits per heavy atom. The summed E-state index contributed by atoms with van der Waals surface area (Å²) in [6, 6.07) is 10.2. The van der Waals surface area contributed by atoms with Crippen molar-refractivity contribution in [2.24, 2.45) is 0 Å². The number of para-hydroxylation sites is 1. The summed E-state index contributed by atoms with van der Waals surface area (Å²) in [6.07, 6.45) is 7.96. The molecule has 0 spiro atoms. The van der Waals surface area contributed by atoms with Crippen molar-refractivity contribution >= 4 is 22.5 Å². The van der Waals surface area contributed by atoms with Gasteiger partial charge in [0.15, 0.2) is 0 Å². The number of nitrogens with one attached hydrogen (secondary N) is 1. The van der Waals surface area contributed by atoms with Gasteiger partial charge in [0.1, 0.15) is 5.15 Å². The Kier molecular flexibility index (Phi) is 6.98. The molecule has 0 saturated carbocycles. The fraction of sp³-hybridized carbons (Fsp3) is 0.500. The monoisotopic (exact) mass is 304 g/mol. The second-order valence-corrected chi connectivity index (χ2v) is 5.93. The molecule has 114 valence electrons. The number of unbranched alkanes of at least 4 members (excludes halogenated alkanes) is 5. The minimum absolute atomic E-state index is 0.615. The van der Waals surface area contributed by atoms with Gasteiger partial charge in [-0.15, -0.1) is 0 Å². The van der Waals surface area contributed by atoms with Gasteiger partial charge in [-0.3, -0.25) is 0 Å². The standard InChI is InChI=1S/C18H25ClN2/c1-2-3-4-5-6-9-12-20-14-16-13-15-10-7-8-11-17(15)21-18(16)19/h7-8,10-11,13,20H,2-6,9,12,14H2,1H3. The van der Waals surface area contributed by atoms with Crippen molar-refractivity contribution in [2.45, 2.75) is 52.0 Å². The molecule has 1 heterocycles. The van der Waals surface area contributed by atoms with E-state index in [1.165, 1.54) is 38.5 Å². The van der Waals surface area contributed by atoms with E-state index >= 15 is 0 Å². The first-order chi connectivity index (χ1) is 10.3. The maximum absolute atomic E-state index is 6.25. The van der Waals surface area contributed by atoms with E-state index in [0.717, 1.165) is 29.6 Å². The van der Waals surface area contributed by atoms with Crippen molar-refractivity contribution in [3.63, 3.8) is 0 Å². The lowest BCUT2D eigenvalue weighted by Crippen LogP contribution is -2.15. The summed E-state index contributed by atoms with van der Waals surface area (Å²) in [5, 5.41) is 5.24. The van der Waals surface area contributed by atoms with Gasteiger partial charge in [0, 0.05) is 17.5 Å². The van der Waals surface area contributed by atoms with Gasteiger partial charge in [-0.25, -0.2) is 4.98 Å². The molecular weight excluding hydrogens is 280 g/mol. The zero-order valence-corrected chi connectivity index (χ0v) is 13.6. The molecule has 2 rings (SSSR count). The lowest BCUT2D eigenvalue weighted by molar-refractivity contribution is 0.572. The van der Waals surface area contributed by atoms with Crippen LogP contribution in [0.25, 0.3) is 10.9 Å². The van der Waals surface area contributed by atoms with Gasteiger partial charge in [0.25, 0.3) is 0 Å². The number of hydrogen-bond acceptors (Lipinski definition) is 2. The van der Waals surface area contributed by atoms with Gasteiger partial charge in [-0.05, 0) is 25.1 Å². The zero-order valence-electron chi connectivity index (χ0n) is 12.9. The summed E-state index contributed by atoms with van der Waals surface area (Å²) in [7, 11) is 0. The van der Waals surface area contributed by atoms with Gasteiger partial charge in [-0.2, -0.15) is 0 Å². The Bertz CT molecular complexity index is 554. The van der Waals surface area contributed by atoms with E-state index in [1.54, 1.807) is 0 Å². The zero-order chi connectivity index (χ0) is 14.9. The number of aromatic nitrogens is 1. The predicted molar refractivity (Wildman–Crippen MR) is 91.8 cm³/mol. The molecule has 2 aromatic rings. The smallest absolute Gasteiger partial charge is 0.134 e. The molecule has 0 bridgehead atoms. The second-order valence-electron chi connectivity index (χ2n) is 5.58. The van der Waals surface area contributed by atoms with Gasteiger partial charge < -0.3 is 5.32 Å². The Labute approximate surface area is 132 Å². The molecule has 1 aromatic heterocycles. The summed E-state index contributed by atoms with van der Waals surface area (Å²) in [5.41, 5.74) is 2.04. The van der Waals surface area contributed by atoms with E-state index in [4.69, 9.17) is 11.6 Å². The lowest BCUT2D eigenvalue weighted by atomic mass is 10.1.